The Hall–Kier alpha value is -5.65. The highest BCUT2D eigenvalue weighted by atomic mass is 35.5. The van der Waals surface area contributed by atoms with Crippen LogP contribution in [-0.2, 0) is 30.1 Å². The molecule has 8 rings (SSSR count). The monoisotopic (exact) mass is 813 g/mol. The van der Waals surface area contributed by atoms with Crippen molar-refractivity contribution in [3.05, 3.63) is 206 Å². The molecule has 0 spiro atoms. The molecule has 2 heterocycles. The molecule has 0 aromatic heterocycles. The van der Waals surface area contributed by atoms with E-state index < -0.39 is 11.0 Å². The van der Waals surface area contributed by atoms with Gasteiger partial charge in [-0.25, -0.2) is 0 Å². The van der Waals surface area contributed by atoms with E-state index >= 15 is 0 Å². The summed E-state index contributed by atoms with van der Waals surface area (Å²) in [5, 5.41) is 15.2. The molecule has 2 aliphatic rings. The molecule has 0 N–H and O–H groups in total. The zero-order valence-corrected chi connectivity index (χ0v) is 36.3. The summed E-state index contributed by atoms with van der Waals surface area (Å²) in [6.07, 6.45) is 11.5. The van der Waals surface area contributed by atoms with Crippen LogP contribution in [0.2, 0.25) is 5.02 Å². The number of nitrogens with zero attached hydrogens (tertiary/aromatic N) is 3. The lowest BCUT2D eigenvalue weighted by molar-refractivity contribution is -0.384. The van der Waals surface area contributed by atoms with E-state index in [-0.39, 0.29) is 16.0 Å². The Kier molecular flexibility index (Phi) is 11.5. The molecule has 0 bridgehead atoms. The van der Waals surface area contributed by atoms with Gasteiger partial charge < -0.3 is 9.80 Å². The third kappa shape index (κ3) is 7.42. The van der Waals surface area contributed by atoms with Crippen molar-refractivity contribution < 1.29 is 4.92 Å². The Balaban J connectivity index is 1.35. The van der Waals surface area contributed by atoms with Crippen molar-refractivity contribution >= 4 is 39.4 Å². The molecule has 6 heteroatoms. The molecule has 2 unspecified atom stereocenters. The molecule has 0 fully saturated rings. The van der Waals surface area contributed by atoms with Gasteiger partial charge in [-0.05, 0) is 121 Å². The van der Waals surface area contributed by atoms with Gasteiger partial charge in [-0.1, -0.05) is 148 Å². The molecular weight excluding hydrogens is 758 g/mol. The lowest BCUT2D eigenvalue weighted by atomic mass is 9.61. The topological polar surface area (TPSA) is 49.6 Å². The molecule has 2 aliphatic heterocycles. The Morgan fingerprint density at radius 1 is 0.733 bits per heavy atom. The van der Waals surface area contributed by atoms with Crippen molar-refractivity contribution in [1.82, 2.24) is 0 Å². The van der Waals surface area contributed by atoms with Crippen LogP contribution in [0.25, 0.3) is 10.8 Å². The SMILES string of the molecule is CCCN1c2ccc(Cl)cc2C(Cc2ccccc2)(Cc2ccccc2)C1(C)/C=C/C=C1/N(CCC(C)C)c2ccc3ccccc3c2C1(C)Cc1cccc([N+](=O)[O-])c1. The second-order valence-electron chi connectivity index (χ2n) is 17.7. The number of fused-ring (bicyclic) bond motifs is 4. The van der Waals surface area contributed by atoms with Crippen LogP contribution in [0.3, 0.4) is 0 Å². The van der Waals surface area contributed by atoms with E-state index in [1.807, 2.05) is 18.2 Å². The van der Waals surface area contributed by atoms with Crippen LogP contribution in [0.1, 0.15) is 75.3 Å². The van der Waals surface area contributed by atoms with E-state index in [2.05, 4.69) is 172 Å². The Labute approximate surface area is 361 Å². The normalized spacial score (nSPS) is 20.1. The number of nitro benzene ring substituents is 1. The maximum atomic E-state index is 12.0. The molecule has 306 valence electrons. The summed E-state index contributed by atoms with van der Waals surface area (Å²) in [4.78, 5) is 16.9. The number of hydrogen-bond acceptors (Lipinski definition) is 4. The zero-order chi connectivity index (χ0) is 42.1. The minimum Gasteiger partial charge on any atom is -0.361 e. The van der Waals surface area contributed by atoms with Gasteiger partial charge in [0.2, 0.25) is 0 Å². The molecule has 2 atom stereocenters. The fourth-order valence-corrected chi connectivity index (χ4v) is 10.6. The van der Waals surface area contributed by atoms with E-state index in [0.717, 1.165) is 49.4 Å². The first kappa shape index (κ1) is 41.1. The first-order chi connectivity index (χ1) is 29.0. The van der Waals surface area contributed by atoms with Crippen molar-refractivity contribution in [3.8, 4) is 0 Å². The minimum absolute atomic E-state index is 0.118. The Morgan fingerprint density at radius 3 is 2.05 bits per heavy atom. The van der Waals surface area contributed by atoms with Crippen molar-refractivity contribution in [2.45, 2.75) is 83.1 Å². The summed E-state index contributed by atoms with van der Waals surface area (Å²) in [5.74, 6) is 0.510. The molecule has 60 heavy (non-hydrogen) atoms. The number of nitro groups is 1. The number of allylic oxidation sites excluding steroid dienone is 3. The number of non-ortho nitro benzene ring substituents is 1. The van der Waals surface area contributed by atoms with Gasteiger partial charge >= 0.3 is 0 Å². The fraction of sp³-hybridized carbons (Fsp3) is 0.296. The average molecular weight is 815 g/mol. The second kappa shape index (κ2) is 16.8. The predicted molar refractivity (Wildman–Crippen MR) is 252 cm³/mol. The largest absolute Gasteiger partial charge is 0.361 e. The van der Waals surface area contributed by atoms with Gasteiger partial charge in [0.05, 0.1) is 10.5 Å². The second-order valence-corrected chi connectivity index (χ2v) is 18.2. The van der Waals surface area contributed by atoms with Gasteiger partial charge in [-0.15, -0.1) is 0 Å². The van der Waals surface area contributed by atoms with Crippen molar-refractivity contribution in [3.63, 3.8) is 0 Å². The third-order valence-corrected chi connectivity index (χ3v) is 13.6. The zero-order valence-electron chi connectivity index (χ0n) is 35.6. The van der Waals surface area contributed by atoms with Crippen LogP contribution >= 0.6 is 11.6 Å². The molecular formula is C54H56ClN3O2. The van der Waals surface area contributed by atoms with Crippen molar-refractivity contribution in [2.75, 3.05) is 22.9 Å². The van der Waals surface area contributed by atoms with Crippen LogP contribution in [0.5, 0.6) is 0 Å². The van der Waals surface area contributed by atoms with Crippen LogP contribution in [0, 0.1) is 16.0 Å². The summed E-state index contributed by atoms with van der Waals surface area (Å²) in [6.45, 7) is 13.4. The van der Waals surface area contributed by atoms with Crippen LogP contribution in [0.4, 0.5) is 17.1 Å². The van der Waals surface area contributed by atoms with Gasteiger partial charge in [-0.2, -0.15) is 0 Å². The maximum absolute atomic E-state index is 12.0. The van der Waals surface area contributed by atoms with Crippen molar-refractivity contribution in [2.24, 2.45) is 5.92 Å². The van der Waals surface area contributed by atoms with E-state index in [0.29, 0.717) is 12.3 Å². The summed E-state index contributed by atoms with van der Waals surface area (Å²) in [6, 6.07) is 48.7. The van der Waals surface area contributed by atoms with Gasteiger partial charge in [-0.3, -0.25) is 10.1 Å². The van der Waals surface area contributed by atoms with E-state index in [1.54, 1.807) is 12.1 Å². The standard InChI is InChI=1S/C54H56ClN3O2/c1-6-32-57-48-29-27-44(55)35-47(48)54(37-40-17-9-7-10-18-40,38-41-19-11-8-12-20-41)53(57,5)31-16-25-50-52(4,36-42-21-15-23-45(34-42)58(59)60)51-46-24-14-13-22-43(46)26-28-49(51)56(50)33-30-39(2)3/h7-29,31,34-35,39H,6,30,32-33,36-38H2,1-5H3/b31-16+,50-25+. The van der Waals surface area contributed by atoms with Gasteiger partial charge in [0.25, 0.3) is 5.69 Å². The number of benzene rings is 6. The van der Waals surface area contributed by atoms with Crippen molar-refractivity contribution in [1.29, 1.82) is 0 Å². The third-order valence-electron chi connectivity index (χ3n) is 13.3. The van der Waals surface area contributed by atoms with Crippen LogP contribution in [0.15, 0.2) is 163 Å². The first-order valence-electron chi connectivity index (χ1n) is 21.6. The number of hydrogen-bond donors (Lipinski definition) is 0. The van der Waals surface area contributed by atoms with Gasteiger partial charge in [0.1, 0.15) is 0 Å². The number of halogens is 1. The predicted octanol–water partition coefficient (Wildman–Crippen LogP) is 13.6. The van der Waals surface area contributed by atoms with E-state index in [9.17, 15) is 10.1 Å². The first-order valence-corrected chi connectivity index (χ1v) is 21.9. The molecule has 6 aromatic carbocycles. The number of rotatable bonds is 14. The Bertz CT molecular complexity index is 2520. The van der Waals surface area contributed by atoms with Crippen LogP contribution in [-0.4, -0.2) is 23.6 Å². The minimum atomic E-state index is -0.492. The molecule has 0 aliphatic carbocycles. The lowest BCUT2D eigenvalue weighted by Crippen LogP contribution is -2.57. The van der Waals surface area contributed by atoms with Gasteiger partial charge in [0, 0.05) is 58.1 Å². The molecule has 0 saturated carbocycles. The molecule has 6 aromatic rings. The lowest BCUT2D eigenvalue weighted by Gasteiger charge is -2.48. The highest BCUT2D eigenvalue weighted by Crippen LogP contribution is 2.57. The highest BCUT2D eigenvalue weighted by Gasteiger charge is 2.57. The number of anilines is 2. The smallest absolute Gasteiger partial charge is 0.269 e. The quantitative estimate of drug-likeness (QED) is 0.0812. The average Bonchev–Trinajstić information content (AvgIpc) is 3.58. The van der Waals surface area contributed by atoms with E-state index in [1.165, 1.54) is 50.1 Å². The summed E-state index contributed by atoms with van der Waals surface area (Å²) in [7, 11) is 0. The Morgan fingerprint density at radius 2 is 1.38 bits per heavy atom. The molecule has 0 radical (unpaired) electrons. The van der Waals surface area contributed by atoms with Gasteiger partial charge in [0.15, 0.2) is 0 Å². The summed E-state index contributed by atoms with van der Waals surface area (Å²) >= 11 is 6.95. The van der Waals surface area contributed by atoms with Crippen LogP contribution < -0.4 is 9.80 Å². The maximum Gasteiger partial charge on any atom is 0.269 e. The summed E-state index contributed by atoms with van der Waals surface area (Å²) in [5.41, 5.74) is 8.53. The van der Waals surface area contributed by atoms with E-state index in [4.69, 9.17) is 11.6 Å². The molecule has 0 saturated heterocycles. The highest BCUT2D eigenvalue weighted by molar-refractivity contribution is 6.30. The molecule has 0 amide bonds. The molecule has 5 nitrogen and oxygen atoms in total. The summed E-state index contributed by atoms with van der Waals surface area (Å²) < 4.78 is 0. The fourth-order valence-electron chi connectivity index (χ4n) is 10.4.